The number of Topliss-reactive ketones (excluding diaryl/α,β-unsaturated/α-hetero) is 1. The van der Waals surface area contributed by atoms with E-state index in [0.29, 0.717) is 78.8 Å². The fraction of sp³-hybridized carbons (Fsp3) is 0.946. The van der Waals surface area contributed by atoms with E-state index in [0.717, 1.165) is 95.8 Å². The first-order chi connectivity index (χ1) is 34.5. The first-order valence-electron chi connectivity index (χ1n) is 27.6. The Bertz CT molecular complexity index is 1540. The molecule has 5 aliphatic rings. The van der Waals surface area contributed by atoms with Crippen LogP contribution in [-0.2, 0) is 63.1 Å². The highest BCUT2D eigenvalue weighted by Crippen LogP contribution is 2.46. The lowest BCUT2D eigenvalue weighted by molar-refractivity contribution is -0.494. The monoisotopic (exact) mass is 1080 g/mol. The van der Waals surface area contributed by atoms with Crippen molar-refractivity contribution in [3.8, 4) is 0 Å². The Morgan fingerprint density at radius 2 is 0.693 bits per heavy atom. The molecule has 0 atom stereocenters. The minimum Gasteiger partial charge on any atom is -0.433 e. The summed E-state index contributed by atoms with van der Waals surface area (Å²) in [5.41, 5.74) is 1.43. The summed E-state index contributed by atoms with van der Waals surface area (Å²) in [6.45, 7) is 36.4. The van der Waals surface area contributed by atoms with Crippen molar-refractivity contribution < 1.29 is 94.1 Å². The zero-order chi connectivity index (χ0) is 57.7. The molecule has 5 aliphatic carbocycles. The summed E-state index contributed by atoms with van der Waals surface area (Å²) in [7, 11) is 1.59. The molecule has 0 spiro atoms. The quantitative estimate of drug-likeness (QED) is 0.0558. The summed E-state index contributed by atoms with van der Waals surface area (Å²) in [5.74, 6) is -1.36. The maximum atomic E-state index is 11.1. The Balaban J connectivity index is 0.000000474. The molecule has 5 N–H and O–H groups in total. The molecule has 75 heavy (non-hydrogen) atoms. The van der Waals surface area contributed by atoms with Gasteiger partial charge < -0.3 is 9.47 Å². The molecule has 19 nitrogen and oxygen atoms in total. The number of carbonyl (C=O) groups excluding carboxylic acids is 3. The molecular weight excluding hydrogens is 977 g/mol. The van der Waals surface area contributed by atoms with Gasteiger partial charge in [0.25, 0.3) is 0 Å². The van der Waals surface area contributed by atoms with Crippen LogP contribution in [0.15, 0.2) is 0 Å². The molecule has 0 aromatic carbocycles. The lowest BCUT2D eigenvalue weighted by Crippen LogP contribution is -2.42. The van der Waals surface area contributed by atoms with Crippen LogP contribution in [0, 0.1) is 56.7 Å². The molecule has 0 radical (unpaired) electrons. The van der Waals surface area contributed by atoms with Crippen LogP contribution in [-0.4, -0.2) is 81.1 Å². The minimum atomic E-state index is -1.27. The normalized spacial score (nSPS) is 28.0. The van der Waals surface area contributed by atoms with E-state index in [4.69, 9.17) is 40.8 Å². The SMILES string of the molecule is CC(=O)OOC1(OO)CCC(C(C)(C)C)CC1.CC(C)(C)C1CCC(=O)CC1.CC(C)(C)C1CCC(OO)(OO)CC1.CCOC(=O)OOC1(OO)CCC(C(C)(C)C)CC1.COC1(OO)CCC(C(C)(C)C)CC1. The van der Waals surface area contributed by atoms with Gasteiger partial charge in [0.15, 0.2) is 0 Å². The van der Waals surface area contributed by atoms with Crippen molar-refractivity contribution in [1.29, 1.82) is 0 Å². The van der Waals surface area contributed by atoms with E-state index in [-0.39, 0.29) is 22.9 Å². The van der Waals surface area contributed by atoms with E-state index in [2.05, 4.69) is 143 Å². The maximum Gasteiger partial charge on any atom is 0.540 e. The highest BCUT2D eigenvalue weighted by Gasteiger charge is 2.46. The topological polar surface area (TPSA) is 254 Å². The molecule has 0 heterocycles. The molecule has 0 saturated heterocycles. The molecule has 0 aromatic heterocycles. The van der Waals surface area contributed by atoms with Gasteiger partial charge in [-0.05, 0) is 128 Å². The van der Waals surface area contributed by atoms with Gasteiger partial charge in [0, 0.05) is 78.2 Å². The van der Waals surface area contributed by atoms with Gasteiger partial charge in [-0.3, -0.25) is 14.6 Å². The summed E-state index contributed by atoms with van der Waals surface area (Å²) < 4.78 is 9.79. The molecule has 19 heteroatoms. The van der Waals surface area contributed by atoms with Crippen molar-refractivity contribution >= 4 is 17.9 Å². The average molecular weight is 1080 g/mol. The summed E-state index contributed by atoms with van der Waals surface area (Å²) in [6, 6.07) is 0. The molecule has 0 bridgehead atoms. The fourth-order valence-corrected chi connectivity index (χ4v) is 10.8. The predicted octanol–water partition coefficient (Wildman–Crippen LogP) is 15.2. The van der Waals surface area contributed by atoms with E-state index in [9.17, 15) is 14.4 Å². The number of rotatable bonds is 11. The number of methoxy groups -OCH3 is 1. The van der Waals surface area contributed by atoms with Gasteiger partial charge in [-0.15, -0.1) is 9.78 Å². The number of hydrogen-bond acceptors (Lipinski definition) is 19. The van der Waals surface area contributed by atoms with Gasteiger partial charge in [0.1, 0.15) is 5.78 Å². The van der Waals surface area contributed by atoms with Crippen molar-refractivity contribution in [3.63, 3.8) is 0 Å². The lowest BCUT2D eigenvalue weighted by Gasteiger charge is -2.41. The second kappa shape index (κ2) is 31.0. The van der Waals surface area contributed by atoms with Crippen LogP contribution in [0.25, 0.3) is 0 Å². The molecular formula is C56H106O19. The third kappa shape index (κ3) is 24.8. The van der Waals surface area contributed by atoms with Gasteiger partial charge in [-0.1, -0.05) is 104 Å². The van der Waals surface area contributed by atoms with Crippen LogP contribution >= 0.6 is 0 Å². The Morgan fingerprint density at radius 3 is 0.933 bits per heavy atom. The molecule has 0 amide bonds. The molecule has 5 fully saturated rings. The van der Waals surface area contributed by atoms with Crippen molar-refractivity contribution in [3.05, 3.63) is 0 Å². The smallest absolute Gasteiger partial charge is 0.433 e. The van der Waals surface area contributed by atoms with Crippen LogP contribution in [0.2, 0.25) is 0 Å². The van der Waals surface area contributed by atoms with E-state index in [1.165, 1.54) is 6.92 Å². The van der Waals surface area contributed by atoms with Gasteiger partial charge in [-0.25, -0.2) is 50.5 Å². The summed E-state index contributed by atoms with van der Waals surface area (Å²) in [5, 5.41) is 44.0. The van der Waals surface area contributed by atoms with E-state index >= 15 is 0 Å². The zero-order valence-electron chi connectivity index (χ0n) is 49.7. The highest BCUT2D eigenvalue weighted by molar-refractivity contribution is 5.79. The molecule has 5 saturated carbocycles. The minimum absolute atomic E-state index is 0.196. The maximum absolute atomic E-state index is 11.1. The highest BCUT2D eigenvalue weighted by atomic mass is 17.3. The van der Waals surface area contributed by atoms with Gasteiger partial charge in [-0.2, -0.15) is 9.78 Å². The van der Waals surface area contributed by atoms with E-state index in [1.807, 2.05) is 0 Å². The van der Waals surface area contributed by atoms with E-state index < -0.39 is 35.3 Å². The third-order valence-electron chi connectivity index (χ3n) is 16.7. The average Bonchev–Trinajstić information content (AvgIpc) is 3.35. The number of ether oxygens (including phenoxy) is 2. The molecule has 5 rings (SSSR count). The van der Waals surface area contributed by atoms with Crippen LogP contribution in [0.1, 0.15) is 246 Å². The Hall–Kier alpha value is -2.11. The summed E-state index contributed by atoms with van der Waals surface area (Å²) in [4.78, 5) is 73.2. The molecule has 0 unspecified atom stereocenters. The van der Waals surface area contributed by atoms with Gasteiger partial charge in [0.2, 0.25) is 23.1 Å². The van der Waals surface area contributed by atoms with Crippen molar-refractivity contribution in [2.24, 2.45) is 56.7 Å². The van der Waals surface area contributed by atoms with E-state index in [1.54, 1.807) is 14.0 Å². The van der Waals surface area contributed by atoms with Crippen LogP contribution < -0.4 is 0 Å². The third-order valence-corrected chi connectivity index (χ3v) is 16.7. The number of ketones is 1. The van der Waals surface area contributed by atoms with Crippen molar-refractivity contribution in [2.45, 2.75) is 269 Å². The molecule has 444 valence electrons. The summed E-state index contributed by atoms with van der Waals surface area (Å²) >= 11 is 0. The molecule has 0 aliphatic heterocycles. The van der Waals surface area contributed by atoms with Gasteiger partial charge >= 0.3 is 12.1 Å². The van der Waals surface area contributed by atoms with Gasteiger partial charge in [0.05, 0.1) is 6.61 Å². The fourth-order valence-electron chi connectivity index (χ4n) is 10.8. The first-order valence-corrected chi connectivity index (χ1v) is 27.6. The Kier molecular flexibility index (Phi) is 29.3. The Labute approximate surface area is 450 Å². The lowest BCUT2D eigenvalue weighted by atomic mass is 9.71. The van der Waals surface area contributed by atoms with Crippen LogP contribution in [0.4, 0.5) is 4.79 Å². The predicted molar refractivity (Wildman–Crippen MR) is 281 cm³/mol. The number of hydrogen-bond donors (Lipinski definition) is 5. The second-order valence-electron chi connectivity index (χ2n) is 27.1. The second-order valence-corrected chi connectivity index (χ2v) is 27.1. The Morgan fingerprint density at radius 1 is 0.440 bits per heavy atom. The first kappa shape index (κ1) is 70.9. The van der Waals surface area contributed by atoms with Crippen molar-refractivity contribution in [2.75, 3.05) is 13.7 Å². The van der Waals surface area contributed by atoms with Crippen LogP contribution in [0.5, 0.6) is 0 Å². The standard InChI is InChI=1S/C13H24O6.C12H22O5.C11H22O3.C10H20O4.C10H18O/c1-5-16-11(14)17-19-13(18-15)8-6-10(7-9-13)12(2,3)4;1-9(13)15-17-12(16-14)7-5-10(6-8-12)11(2,3)4;1-10(2,3)9-5-7-11(13-4,14-12)8-6-9;1-9(2,3)8-4-6-10(13-11,14-12)7-5-8;1-10(2,3)8-4-6-9(11)7-5-8/h10,15H,5-9H2,1-4H3;10,14H,5-8H2,1-4H3;9,12H,5-8H2,1-4H3;8,11-12H,4-7H2,1-3H3;8H,4-7H2,1-3H3. The zero-order valence-corrected chi connectivity index (χ0v) is 49.7. The molecule has 0 aromatic rings. The number of carbonyl (C=O) groups is 3. The van der Waals surface area contributed by atoms with Crippen LogP contribution in [0.3, 0.4) is 0 Å². The van der Waals surface area contributed by atoms with Crippen molar-refractivity contribution in [1.82, 2.24) is 0 Å². The largest absolute Gasteiger partial charge is 0.540 e. The summed E-state index contributed by atoms with van der Waals surface area (Å²) in [6.07, 6.45) is 14.8.